The smallest absolute Gasteiger partial charge is 0.0534 e. The predicted molar refractivity (Wildman–Crippen MR) is 65.6 cm³/mol. The first-order valence-electron chi connectivity index (χ1n) is 5.61. The summed E-state index contributed by atoms with van der Waals surface area (Å²) in [5.41, 5.74) is 1.32. The van der Waals surface area contributed by atoms with Crippen molar-refractivity contribution < 1.29 is 4.74 Å². The zero-order valence-corrected chi connectivity index (χ0v) is 10.3. The van der Waals surface area contributed by atoms with Gasteiger partial charge >= 0.3 is 0 Å². The van der Waals surface area contributed by atoms with Crippen molar-refractivity contribution in [2.24, 2.45) is 0 Å². The third kappa shape index (κ3) is 4.23. The average molecular weight is 227 g/mol. The molecule has 1 aromatic rings. The van der Waals surface area contributed by atoms with E-state index in [-0.39, 0.29) is 0 Å². The minimum absolute atomic E-state index is 0.494. The van der Waals surface area contributed by atoms with Gasteiger partial charge in [0.2, 0.25) is 0 Å². The van der Waals surface area contributed by atoms with Crippen LogP contribution in [0.1, 0.15) is 38.2 Å². The highest BCUT2D eigenvalue weighted by Gasteiger charge is 2.08. The first-order chi connectivity index (χ1) is 7.27. The monoisotopic (exact) mass is 226 g/mol. The van der Waals surface area contributed by atoms with Crippen molar-refractivity contribution in [2.75, 3.05) is 13.2 Å². The van der Waals surface area contributed by atoms with Crippen LogP contribution >= 0.6 is 11.6 Å². The van der Waals surface area contributed by atoms with E-state index in [1.54, 1.807) is 0 Å². The summed E-state index contributed by atoms with van der Waals surface area (Å²) in [5.74, 6) is 0.494. The Morgan fingerprint density at radius 2 is 1.87 bits per heavy atom. The Morgan fingerprint density at radius 3 is 2.40 bits per heavy atom. The summed E-state index contributed by atoms with van der Waals surface area (Å²) in [6.45, 7) is 5.98. The van der Waals surface area contributed by atoms with Crippen LogP contribution in [0.2, 0.25) is 5.02 Å². The Balaban J connectivity index is 2.53. The van der Waals surface area contributed by atoms with Crippen molar-refractivity contribution in [3.8, 4) is 0 Å². The molecule has 1 nitrogen and oxygen atoms in total. The van der Waals surface area contributed by atoms with Gasteiger partial charge in [-0.3, -0.25) is 0 Å². The SMILES string of the molecule is CCCOCC(CC)c1ccc(Cl)cc1. The maximum atomic E-state index is 5.86. The quantitative estimate of drug-likeness (QED) is 0.659. The fourth-order valence-corrected chi connectivity index (χ4v) is 1.68. The highest BCUT2D eigenvalue weighted by molar-refractivity contribution is 6.30. The standard InChI is InChI=1S/C13H19ClO/c1-3-9-15-10-11(4-2)12-5-7-13(14)8-6-12/h5-8,11H,3-4,9-10H2,1-2H3. The first-order valence-corrected chi connectivity index (χ1v) is 5.99. The number of ether oxygens (including phenoxy) is 1. The highest BCUT2D eigenvalue weighted by atomic mass is 35.5. The van der Waals surface area contributed by atoms with Crippen LogP contribution in [-0.2, 0) is 4.74 Å². The molecule has 0 saturated carbocycles. The van der Waals surface area contributed by atoms with E-state index in [2.05, 4.69) is 26.0 Å². The lowest BCUT2D eigenvalue weighted by Crippen LogP contribution is -2.07. The fourth-order valence-electron chi connectivity index (χ4n) is 1.55. The molecule has 0 heterocycles. The number of hydrogen-bond acceptors (Lipinski definition) is 1. The lowest BCUT2D eigenvalue weighted by molar-refractivity contribution is 0.119. The molecule has 1 atom stereocenters. The van der Waals surface area contributed by atoms with Gasteiger partial charge in [-0.05, 0) is 30.5 Å². The van der Waals surface area contributed by atoms with Gasteiger partial charge in [0, 0.05) is 17.5 Å². The van der Waals surface area contributed by atoms with E-state index in [4.69, 9.17) is 16.3 Å². The molecule has 1 rings (SSSR count). The average Bonchev–Trinajstić information content (AvgIpc) is 2.26. The summed E-state index contributed by atoms with van der Waals surface area (Å²) < 4.78 is 5.59. The molecule has 0 amide bonds. The molecule has 0 aliphatic carbocycles. The van der Waals surface area contributed by atoms with E-state index in [0.29, 0.717) is 5.92 Å². The summed E-state index contributed by atoms with van der Waals surface area (Å²) in [6, 6.07) is 8.07. The lowest BCUT2D eigenvalue weighted by Gasteiger charge is -2.15. The zero-order chi connectivity index (χ0) is 11.1. The molecule has 0 aliphatic rings. The second-order valence-corrected chi connectivity index (χ2v) is 4.17. The van der Waals surface area contributed by atoms with Crippen LogP contribution in [0.3, 0.4) is 0 Å². The van der Waals surface area contributed by atoms with Gasteiger partial charge in [0.05, 0.1) is 6.61 Å². The Bertz CT molecular complexity index is 268. The molecule has 15 heavy (non-hydrogen) atoms. The van der Waals surface area contributed by atoms with Gasteiger partial charge in [0.1, 0.15) is 0 Å². The largest absolute Gasteiger partial charge is 0.381 e. The van der Waals surface area contributed by atoms with Gasteiger partial charge in [-0.15, -0.1) is 0 Å². The van der Waals surface area contributed by atoms with E-state index in [0.717, 1.165) is 31.1 Å². The normalized spacial score (nSPS) is 12.7. The first kappa shape index (κ1) is 12.5. The Morgan fingerprint density at radius 1 is 1.20 bits per heavy atom. The number of halogens is 1. The van der Waals surface area contributed by atoms with Gasteiger partial charge in [-0.25, -0.2) is 0 Å². The van der Waals surface area contributed by atoms with E-state index < -0.39 is 0 Å². The van der Waals surface area contributed by atoms with Gasteiger partial charge < -0.3 is 4.74 Å². The molecule has 0 saturated heterocycles. The fraction of sp³-hybridized carbons (Fsp3) is 0.538. The second-order valence-electron chi connectivity index (χ2n) is 3.73. The lowest BCUT2D eigenvalue weighted by atomic mass is 9.98. The Kier molecular flexibility index (Phi) is 5.74. The molecule has 0 spiro atoms. The molecule has 84 valence electrons. The maximum Gasteiger partial charge on any atom is 0.0534 e. The van der Waals surface area contributed by atoms with Gasteiger partial charge in [0.15, 0.2) is 0 Å². The summed E-state index contributed by atoms with van der Waals surface area (Å²) >= 11 is 5.86. The molecule has 0 fully saturated rings. The predicted octanol–water partition coefficient (Wildman–Crippen LogP) is 4.26. The highest BCUT2D eigenvalue weighted by Crippen LogP contribution is 2.21. The topological polar surface area (TPSA) is 9.23 Å². The van der Waals surface area contributed by atoms with Crippen LogP contribution in [0.5, 0.6) is 0 Å². The summed E-state index contributed by atoms with van der Waals surface area (Å²) in [7, 11) is 0. The number of hydrogen-bond donors (Lipinski definition) is 0. The van der Waals surface area contributed by atoms with Crippen molar-refractivity contribution in [3.05, 3.63) is 34.9 Å². The number of rotatable bonds is 6. The summed E-state index contributed by atoms with van der Waals surface area (Å²) in [5, 5.41) is 0.795. The molecule has 2 heteroatoms. The van der Waals surface area contributed by atoms with Gasteiger partial charge in [-0.1, -0.05) is 37.6 Å². The van der Waals surface area contributed by atoms with E-state index >= 15 is 0 Å². The molecule has 0 radical (unpaired) electrons. The minimum atomic E-state index is 0.494. The molecular weight excluding hydrogens is 208 g/mol. The van der Waals surface area contributed by atoms with Crippen LogP contribution in [0.25, 0.3) is 0 Å². The van der Waals surface area contributed by atoms with E-state index in [9.17, 15) is 0 Å². The molecule has 0 bridgehead atoms. The summed E-state index contributed by atoms with van der Waals surface area (Å²) in [6.07, 6.45) is 2.18. The van der Waals surface area contributed by atoms with Crippen molar-refractivity contribution in [1.82, 2.24) is 0 Å². The van der Waals surface area contributed by atoms with Gasteiger partial charge in [-0.2, -0.15) is 0 Å². The molecule has 0 aliphatic heterocycles. The van der Waals surface area contributed by atoms with Crippen LogP contribution in [0.15, 0.2) is 24.3 Å². The zero-order valence-electron chi connectivity index (χ0n) is 9.50. The Hall–Kier alpha value is -0.530. The van der Waals surface area contributed by atoms with Gasteiger partial charge in [0.25, 0.3) is 0 Å². The molecule has 0 N–H and O–H groups in total. The molecule has 1 unspecified atom stereocenters. The number of benzene rings is 1. The minimum Gasteiger partial charge on any atom is -0.381 e. The van der Waals surface area contributed by atoms with Crippen molar-refractivity contribution in [2.45, 2.75) is 32.6 Å². The van der Waals surface area contributed by atoms with E-state index in [1.165, 1.54) is 5.56 Å². The third-order valence-corrected chi connectivity index (χ3v) is 2.75. The van der Waals surface area contributed by atoms with Crippen LogP contribution in [0.4, 0.5) is 0 Å². The summed E-state index contributed by atoms with van der Waals surface area (Å²) in [4.78, 5) is 0. The van der Waals surface area contributed by atoms with Crippen molar-refractivity contribution >= 4 is 11.6 Å². The maximum absolute atomic E-state index is 5.86. The Labute approximate surface area is 97.4 Å². The van der Waals surface area contributed by atoms with Crippen LogP contribution < -0.4 is 0 Å². The van der Waals surface area contributed by atoms with Crippen LogP contribution in [0, 0.1) is 0 Å². The third-order valence-electron chi connectivity index (χ3n) is 2.50. The molecule has 0 aromatic heterocycles. The van der Waals surface area contributed by atoms with Crippen molar-refractivity contribution in [1.29, 1.82) is 0 Å². The molecule has 1 aromatic carbocycles. The van der Waals surface area contributed by atoms with Crippen LogP contribution in [-0.4, -0.2) is 13.2 Å². The second kappa shape index (κ2) is 6.86. The molecular formula is C13H19ClO. The van der Waals surface area contributed by atoms with E-state index in [1.807, 2.05) is 12.1 Å². The van der Waals surface area contributed by atoms with Crippen molar-refractivity contribution in [3.63, 3.8) is 0 Å².